The van der Waals surface area contributed by atoms with Crippen LogP contribution in [0.15, 0.2) is 24.3 Å². The van der Waals surface area contributed by atoms with E-state index in [2.05, 4.69) is 5.32 Å². The zero-order valence-electron chi connectivity index (χ0n) is 15.9. The van der Waals surface area contributed by atoms with Crippen molar-refractivity contribution in [2.45, 2.75) is 38.1 Å². The fourth-order valence-electron chi connectivity index (χ4n) is 2.96. The summed E-state index contributed by atoms with van der Waals surface area (Å²) >= 11 is 0. The number of amides is 2. The number of hydrogen-bond acceptors (Lipinski definition) is 4. The van der Waals surface area contributed by atoms with Crippen LogP contribution in [0.4, 0.5) is 13.2 Å². The fourth-order valence-corrected chi connectivity index (χ4v) is 2.96. The van der Waals surface area contributed by atoms with Crippen LogP contribution >= 0.6 is 0 Å². The summed E-state index contributed by atoms with van der Waals surface area (Å²) in [5, 5.41) is 2.72. The summed E-state index contributed by atoms with van der Waals surface area (Å²) in [6.07, 6.45) is -4.21. The van der Waals surface area contributed by atoms with Gasteiger partial charge in [0.2, 0.25) is 11.8 Å². The molecule has 156 valence electrons. The molecule has 0 saturated carbocycles. The first-order chi connectivity index (χ1) is 13.2. The molecule has 0 aliphatic carbocycles. The molecule has 1 saturated heterocycles. The second kappa shape index (κ2) is 9.88. The Hall–Kier alpha value is -2.13. The van der Waals surface area contributed by atoms with Gasteiger partial charge in [-0.2, -0.15) is 13.2 Å². The number of likely N-dealkylation sites (tertiary alicyclic amines) is 1. The summed E-state index contributed by atoms with van der Waals surface area (Å²) < 4.78 is 49.4. The van der Waals surface area contributed by atoms with E-state index in [1.165, 1.54) is 19.2 Å². The monoisotopic (exact) mass is 402 g/mol. The molecule has 0 aromatic heterocycles. The zero-order valence-corrected chi connectivity index (χ0v) is 15.9. The molecular weight excluding hydrogens is 377 g/mol. The molecule has 1 N–H and O–H groups in total. The van der Waals surface area contributed by atoms with Crippen molar-refractivity contribution in [3.63, 3.8) is 0 Å². The zero-order chi connectivity index (χ0) is 20.7. The van der Waals surface area contributed by atoms with Gasteiger partial charge in [-0.25, -0.2) is 0 Å². The van der Waals surface area contributed by atoms with Crippen molar-refractivity contribution in [2.75, 3.05) is 33.4 Å². The summed E-state index contributed by atoms with van der Waals surface area (Å²) in [6, 6.07) is 4.01. The Labute approximate surface area is 162 Å². The number of carbonyl (C=O) groups excluding carboxylic acids is 2. The van der Waals surface area contributed by atoms with Crippen LogP contribution in [0.1, 0.15) is 36.9 Å². The minimum Gasteiger partial charge on any atom is -0.382 e. The van der Waals surface area contributed by atoms with Crippen molar-refractivity contribution in [2.24, 2.45) is 0 Å². The number of benzene rings is 1. The van der Waals surface area contributed by atoms with E-state index >= 15 is 0 Å². The van der Waals surface area contributed by atoms with Gasteiger partial charge >= 0.3 is 6.18 Å². The van der Waals surface area contributed by atoms with Crippen LogP contribution < -0.4 is 5.32 Å². The first kappa shape index (κ1) is 22.2. The van der Waals surface area contributed by atoms with Crippen LogP contribution in [-0.2, 0) is 25.2 Å². The van der Waals surface area contributed by atoms with Gasteiger partial charge in [0.15, 0.2) is 0 Å². The van der Waals surface area contributed by atoms with Gasteiger partial charge in [0.05, 0.1) is 24.8 Å². The predicted octanol–water partition coefficient (Wildman–Crippen LogP) is 2.54. The van der Waals surface area contributed by atoms with E-state index in [1.807, 2.05) is 0 Å². The number of alkyl halides is 3. The Kier molecular flexibility index (Phi) is 7.82. The van der Waals surface area contributed by atoms with E-state index in [9.17, 15) is 22.8 Å². The minimum absolute atomic E-state index is 0.0735. The van der Waals surface area contributed by atoms with E-state index in [-0.39, 0.29) is 24.6 Å². The molecular formula is C19H25F3N2O4. The molecule has 0 spiro atoms. The highest BCUT2D eigenvalue weighted by molar-refractivity contribution is 5.81. The van der Waals surface area contributed by atoms with Gasteiger partial charge in [-0.05, 0) is 31.0 Å². The molecule has 2 unspecified atom stereocenters. The van der Waals surface area contributed by atoms with E-state index in [4.69, 9.17) is 9.47 Å². The Bertz CT molecular complexity index is 681. The first-order valence-corrected chi connectivity index (χ1v) is 9.08. The lowest BCUT2D eigenvalue weighted by Gasteiger charge is -2.27. The van der Waals surface area contributed by atoms with E-state index in [0.29, 0.717) is 26.0 Å². The van der Waals surface area contributed by atoms with Crippen molar-refractivity contribution < 1.29 is 32.2 Å². The fraction of sp³-hybridized carbons (Fsp3) is 0.579. The van der Waals surface area contributed by atoms with Crippen molar-refractivity contribution in [1.29, 1.82) is 0 Å². The SMILES string of the molecule is COCCOC(C)C(=O)NC(CN1CCCC1=O)c1cccc(C(F)(F)F)c1. The highest BCUT2D eigenvalue weighted by Crippen LogP contribution is 2.31. The Morgan fingerprint density at radius 3 is 2.68 bits per heavy atom. The van der Waals surface area contributed by atoms with Gasteiger partial charge in [0.1, 0.15) is 6.10 Å². The molecule has 28 heavy (non-hydrogen) atoms. The van der Waals surface area contributed by atoms with Crippen LogP contribution in [-0.4, -0.2) is 56.2 Å². The number of carbonyl (C=O) groups is 2. The third kappa shape index (κ3) is 6.20. The largest absolute Gasteiger partial charge is 0.416 e. The third-order valence-electron chi connectivity index (χ3n) is 4.53. The Balaban J connectivity index is 2.17. The van der Waals surface area contributed by atoms with Crippen molar-refractivity contribution in [3.8, 4) is 0 Å². The van der Waals surface area contributed by atoms with Gasteiger partial charge in [-0.3, -0.25) is 9.59 Å². The smallest absolute Gasteiger partial charge is 0.382 e. The molecule has 6 nitrogen and oxygen atoms in total. The van der Waals surface area contributed by atoms with Crippen LogP contribution in [0.25, 0.3) is 0 Å². The Morgan fingerprint density at radius 1 is 1.32 bits per heavy atom. The molecule has 2 rings (SSSR count). The number of methoxy groups -OCH3 is 1. The molecule has 9 heteroatoms. The van der Waals surface area contributed by atoms with Gasteiger partial charge in [0.25, 0.3) is 0 Å². The second-order valence-corrected chi connectivity index (χ2v) is 6.63. The van der Waals surface area contributed by atoms with Gasteiger partial charge in [-0.15, -0.1) is 0 Å². The van der Waals surface area contributed by atoms with Crippen molar-refractivity contribution in [1.82, 2.24) is 10.2 Å². The minimum atomic E-state index is -4.50. The molecule has 2 atom stereocenters. The maximum absolute atomic E-state index is 13.1. The molecule has 1 aliphatic rings. The lowest BCUT2D eigenvalue weighted by Crippen LogP contribution is -2.42. The first-order valence-electron chi connectivity index (χ1n) is 9.08. The van der Waals surface area contributed by atoms with E-state index in [1.54, 1.807) is 11.8 Å². The third-order valence-corrected chi connectivity index (χ3v) is 4.53. The number of nitrogens with one attached hydrogen (secondary N) is 1. The van der Waals surface area contributed by atoms with Crippen LogP contribution in [0, 0.1) is 0 Å². The molecule has 1 aromatic rings. The lowest BCUT2D eigenvalue weighted by atomic mass is 10.0. The number of ether oxygens (including phenoxy) is 2. The normalized spacial score (nSPS) is 16.9. The van der Waals surface area contributed by atoms with E-state index < -0.39 is 29.8 Å². The molecule has 1 aromatic carbocycles. The van der Waals surface area contributed by atoms with Crippen LogP contribution in [0.2, 0.25) is 0 Å². The molecule has 1 heterocycles. The summed E-state index contributed by atoms with van der Waals surface area (Å²) in [4.78, 5) is 26.0. The predicted molar refractivity (Wildman–Crippen MR) is 95.4 cm³/mol. The summed E-state index contributed by atoms with van der Waals surface area (Å²) in [7, 11) is 1.50. The number of rotatable bonds is 9. The van der Waals surface area contributed by atoms with Gasteiger partial charge in [-0.1, -0.05) is 12.1 Å². The molecule has 1 aliphatic heterocycles. The van der Waals surface area contributed by atoms with Gasteiger partial charge in [0, 0.05) is 26.6 Å². The highest BCUT2D eigenvalue weighted by Gasteiger charge is 2.32. The summed E-state index contributed by atoms with van der Waals surface area (Å²) in [5.74, 6) is -0.541. The lowest BCUT2D eigenvalue weighted by molar-refractivity contribution is -0.137. The van der Waals surface area contributed by atoms with Crippen molar-refractivity contribution in [3.05, 3.63) is 35.4 Å². The van der Waals surface area contributed by atoms with Crippen LogP contribution in [0.3, 0.4) is 0 Å². The van der Waals surface area contributed by atoms with Crippen molar-refractivity contribution >= 4 is 11.8 Å². The van der Waals surface area contributed by atoms with Crippen LogP contribution in [0.5, 0.6) is 0 Å². The molecule has 2 amide bonds. The summed E-state index contributed by atoms with van der Waals surface area (Å²) in [6.45, 7) is 2.71. The Morgan fingerprint density at radius 2 is 2.07 bits per heavy atom. The standard InChI is InChI=1S/C19H25F3N2O4/c1-13(28-10-9-27-2)18(26)23-16(12-24-8-4-7-17(24)25)14-5-3-6-15(11-14)19(20,21)22/h3,5-6,11,13,16H,4,7-10,12H2,1-2H3,(H,23,26). The quantitative estimate of drug-likeness (QED) is 0.645. The number of halogens is 3. The average molecular weight is 402 g/mol. The second-order valence-electron chi connectivity index (χ2n) is 6.63. The highest BCUT2D eigenvalue weighted by atomic mass is 19.4. The molecule has 0 bridgehead atoms. The molecule has 1 fully saturated rings. The maximum Gasteiger partial charge on any atom is 0.416 e. The number of hydrogen-bond donors (Lipinski definition) is 1. The average Bonchev–Trinajstić information content (AvgIpc) is 3.05. The summed E-state index contributed by atoms with van der Waals surface area (Å²) in [5.41, 5.74) is -0.520. The van der Waals surface area contributed by atoms with Gasteiger partial charge < -0.3 is 19.7 Å². The molecule has 0 radical (unpaired) electrons. The maximum atomic E-state index is 13.1. The topological polar surface area (TPSA) is 67.9 Å². The number of nitrogens with zero attached hydrogens (tertiary/aromatic N) is 1. The van der Waals surface area contributed by atoms with E-state index in [0.717, 1.165) is 12.1 Å².